The average Bonchev–Trinajstić information content (AvgIpc) is 3.10. The lowest BCUT2D eigenvalue weighted by Crippen LogP contribution is -2.28. The first-order valence-corrected chi connectivity index (χ1v) is 9.16. The Kier molecular flexibility index (Phi) is 5.26. The van der Waals surface area contributed by atoms with E-state index in [1.165, 1.54) is 0 Å². The van der Waals surface area contributed by atoms with Crippen LogP contribution >= 0.6 is 0 Å². The summed E-state index contributed by atoms with van der Waals surface area (Å²) >= 11 is 0. The van der Waals surface area contributed by atoms with E-state index < -0.39 is 0 Å². The third-order valence-corrected chi connectivity index (χ3v) is 4.59. The molecule has 5 nitrogen and oxygen atoms in total. The minimum absolute atomic E-state index is 0.273. The molecule has 0 saturated carbocycles. The van der Waals surface area contributed by atoms with E-state index >= 15 is 0 Å². The van der Waals surface area contributed by atoms with Crippen LogP contribution in [0.15, 0.2) is 71.1 Å². The van der Waals surface area contributed by atoms with E-state index in [2.05, 4.69) is 5.32 Å². The molecule has 0 fully saturated rings. The van der Waals surface area contributed by atoms with Crippen LogP contribution in [0.2, 0.25) is 0 Å². The second-order valence-corrected chi connectivity index (χ2v) is 6.42. The zero-order chi connectivity index (χ0) is 19.3. The maximum atomic E-state index is 12.6. The maximum absolute atomic E-state index is 12.6. The van der Waals surface area contributed by atoms with E-state index in [0.29, 0.717) is 25.3 Å². The molecule has 3 aromatic carbocycles. The molecule has 0 saturated heterocycles. The van der Waals surface area contributed by atoms with Gasteiger partial charge in [-0.3, -0.25) is 4.79 Å². The third kappa shape index (κ3) is 3.57. The van der Waals surface area contributed by atoms with Crippen molar-refractivity contribution in [2.45, 2.75) is 6.61 Å². The molecule has 4 aromatic rings. The van der Waals surface area contributed by atoms with Crippen molar-refractivity contribution in [2.75, 3.05) is 20.3 Å². The Morgan fingerprint density at radius 3 is 2.57 bits per heavy atom. The lowest BCUT2D eigenvalue weighted by atomic mass is 10.1. The zero-order valence-corrected chi connectivity index (χ0v) is 15.6. The van der Waals surface area contributed by atoms with Crippen LogP contribution in [0.3, 0.4) is 0 Å². The number of ether oxygens (including phenoxy) is 2. The molecular weight excluding hydrogens is 354 g/mol. The first kappa shape index (κ1) is 18.1. The van der Waals surface area contributed by atoms with Gasteiger partial charge >= 0.3 is 0 Å². The van der Waals surface area contributed by atoms with Gasteiger partial charge in [-0.05, 0) is 17.5 Å². The Morgan fingerprint density at radius 2 is 1.71 bits per heavy atom. The standard InChI is InChI=1S/C23H21NO4/c1-26-15-19-18-10-4-5-11-21(18)28-22(19)23(25)24-13-14-27-20-12-6-8-16-7-2-3-9-17(16)20/h2-12H,13-15H2,1H3,(H,24,25). The Labute approximate surface area is 162 Å². The van der Waals surface area contributed by atoms with E-state index in [9.17, 15) is 4.79 Å². The van der Waals surface area contributed by atoms with Gasteiger partial charge in [0.2, 0.25) is 0 Å². The quantitative estimate of drug-likeness (QED) is 0.482. The molecule has 1 heterocycles. The Morgan fingerprint density at radius 1 is 0.964 bits per heavy atom. The number of fused-ring (bicyclic) bond motifs is 2. The van der Waals surface area contributed by atoms with Gasteiger partial charge < -0.3 is 19.2 Å². The highest BCUT2D eigenvalue weighted by molar-refractivity contribution is 5.99. The highest BCUT2D eigenvalue weighted by atomic mass is 16.5. The van der Waals surface area contributed by atoms with Crippen LogP contribution in [-0.2, 0) is 11.3 Å². The SMILES string of the molecule is COCc1c(C(=O)NCCOc2cccc3ccccc23)oc2ccccc12. The molecule has 1 amide bonds. The summed E-state index contributed by atoms with van der Waals surface area (Å²) in [5.41, 5.74) is 1.43. The monoisotopic (exact) mass is 375 g/mol. The average molecular weight is 375 g/mol. The molecule has 1 N–H and O–H groups in total. The number of para-hydroxylation sites is 1. The lowest BCUT2D eigenvalue weighted by Gasteiger charge is -2.10. The van der Waals surface area contributed by atoms with Gasteiger partial charge in [-0.1, -0.05) is 54.6 Å². The molecule has 0 unspecified atom stereocenters. The van der Waals surface area contributed by atoms with Crippen LogP contribution < -0.4 is 10.1 Å². The minimum Gasteiger partial charge on any atom is -0.491 e. The summed E-state index contributed by atoms with van der Waals surface area (Å²) in [5, 5.41) is 5.93. The number of methoxy groups -OCH3 is 1. The number of benzene rings is 3. The molecule has 0 spiro atoms. The van der Waals surface area contributed by atoms with Crippen molar-refractivity contribution in [1.82, 2.24) is 5.32 Å². The molecule has 0 aliphatic carbocycles. The molecule has 28 heavy (non-hydrogen) atoms. The second-order valence-electron chi connectivity index (χ2n) is 6.42. The van der Waals surface area contributed by atoms with Crippen molar-refractivity contribution in [3.63, 3.8) is 0 Å². The highest BCUT2D eigenvalue weighted by Gasteiger charge is 2.20. The Bertz CT molecular complexity index is 1110. The fourth-order valence-electron chi connectivity index (χ4n) is 3.30. The number of amides is 1. The molecule has 142 valence electrons. The normalized spacial score (nSPS) is 11.0. The van der Waals surface area contributed by atoms with Gasteiger partial charge in [0, 0.05) is 23.4 Å². The van der Waals surface area contributed by atoms with Gasteiger partial charge in [0.15, 0.2) is 5.76 Å². The van der Waals surface area contributed by atoms with Gasteiger partial charge in [0.25, 0.3) is 5.91 Å². The molecule has 0 atom stereocenters. The summed E-state index contributed by atoms with van der Waals surface area (Å²) in [4.78, 5) is 12.6. The number of hydrogen-bond acceptors (Lipinski definition) is 4. The molecule has 0 bridgehead atoms. The largest absolute Gasteiger partial charge is 0.491 e. The smallest absolute Gasteiger partial charge is 0.287 e. The summed E-state index contributed by atoms with van der Waals surface area (Å²) in [7, 11) is 1.60. The van der Waals surface area contributed by atoms with Crippen molar-refractivity contribution in [1.29, 1.82) is 0 Å². The summed E-state index contributed by atoms with van der Waals surface area (Å²) < 4.78 is 16.9. The van der Waals surface area contributed by atoms with Crippen LogP contribution in [0.5, 0.6) is 5.75 Å². The predicted octanol–water partition coefficient (Wildman–Crippen LogP) is 4.54. The van der Waals surface area contributed by atoms with Crippen molar-refractivity contribution in [3.05, 3.63) is 78.1 Å². The van der Waals surface area contributed by atoms with Gasteiger partial charge in [0.1, 0.15) is 17.9 Å². The number of rotatable bonds is 7. The third-order valence-electron chi connectivity index (χ3n) is 4.59. The van der Waals surface area contributed by atoms with Gasteiger partial charge in [-0.15, -0.1) is 0 Å². The molecule has 0 aliphatic heterocycles. The van der Waals surface area contributed by atoms with Crippen LogP contribution in [0, 0.1) is 0 Å². The maximum Gasteiger partial charge on any atom is 0.287 e. The molecule has 0 radical (unpaired) electrons. The zero-order valence-electron chi connectivity index (χ0n) is 15.6. The van der Waals surface area contributed by atoms with Gasteiger partial charge in [-0.2, -0.15) is 0 Å². The van der Waals surface area contributed by atoms with Crippen LogP contribution in [-0.4, -0.2) is 26.2 Å². The van der Waals surface area contributed by atoms with Crippen molar-refractivity contribution < 1.29 is 18.7 Å². The summed E-state index contributed by atoms with van der Waals surface area (Å²) in [6, 6.07) is 21.5. The Hall–Kier alpha value is -3.31. The molecule has 1 aromatic heterocycles. The second kappa shape index (κ2) is 8.15. The summed E-state index contributed by atoms with van der Waals surface area (Å²) in [6.45, 7) is 1.04. The number of nitrogens with one attached hydrogen (secondary N) is 1. The molecule has 5 heteroatoms. The first-order valence-electron chi connectivity index (χ1n) is 9.16. The topological polar surface area (TPSA) is 60.7 Å². The van der Waals surface area contributed by atoms with E-state index in [-0.39, 0.29) is 11.7 Å². The van der Waals surface area contributed by atoms with Crippen molar-refractivity contribution in [2.24, 2.45) is 0 Å². The molecular formula is C23H21NO4. The summed E-state index contributed by atoms with van der Waals surface area (Å²) in [5.74, 6) is 0.814. The van der Waals surface area contributed by atoms with Crippen molar-refractivity contribution in [3.8, 4) is 5.75 Å². The lowest BCUT2D eigenvalue weighted by molar-refractivity contribution is 0.0915. The van der Waals surface area contributed by atoms with Crippen LogP contribution in [0.25, 0.3) is 21.7 Å². The fraction of sp³-hybridized carbons (Fsp3) is 0.174. The minimum atomic E-state index is -0.273. The van der Waals surface area contributed by atoms with E-state index in [0.717, 1.165) is 27.5 Å². The molecule has 0 aliphatic rings. The fourth-order valence-corrected chi connectivity index (χ4v) is 3.30. The molecule has 4 rings (SSSR count). The number of carbonyl (C=O) groups excluding carboxylic acids is 1. The van der Waals surface area contributed by atoms with E-state index in [1.807, 2.05) is 66.7 Å². The van der Waals surface area contributed by atoms with Crippen molar-refractivity contribution >= 4 is 27.6 Å². The number of carbonyl (C=O) groups is 1. The van der Waals surface area contributed by atoms with Crippen LogP contribution in [0.4, 0.5) is 0 Å². The van der Waals surface area contributed by atoms with Crippen LogP contribution in [0.1, 0.15) is 16.1 Å². The highest BCUT2D eigenvalue weighted by Crippen LogP contribution is 2.27. The number of hydrogen-bond donors (Lipinski definition) is 1. The number of furan rings is 1. The van der Waals surface area contributed by atoms with E-state index in [4.69, 9.17) is 13.9 Å². The predicted molar refractivity (Wildman–Crippen MR) is 109 cm³/mol. The Balaban J connectivity index is 1.42. The first-order chi connectivity index (χ1) is 13.8. The van der Waals surface area contributed by atoms with Gasteiger partial charge in [0.05, 0.1) is 13.2 Å². The van der Waals surface area contributed by atoms with E-state index in [1.54, 1.807) is 7.11 Å². The van der Waals surface area contributed by atoms with Gasteiger partial charge in [-0.25, -0.2) is 0 Å². The summed E-state index contributed by atoms with van der Waals surface area (Å²) in [6.07, 6.45) is 0.